The van der Waals surface area contributed by atoms with Crippen molar-refractivity contribution in [1.29, 1.82) is 0 Å². The van der Waals surface area contributed by atoms with E-state index in [0.717, 1.165) is 32.6 Å². The van der Waals surface area contributed by atoms with Crippen LogP contribution in [0.3, 0.4) is 0 Å². The molecule has 1 aliphatic rings. The number of hydrogen-bond acceptors (Lipinski definition) is 4. The maximum atomic E-state index is 11.4. The van der Waals surface area contributed by atoms with E-state index in [1.165, 1.54) is 6.07 Å². The van der Waals surface area contributed by atoms with Gasteiger partial charge in [-0.15, -0.1) is 0 Å². The number of ether oxygens (including phenoxy) is 1. The molecular formula is C13H18ClN3O2. The van der Waals surface area contributed by atoms with Crippen molar-refractivity contribution in [2.45, 2.75) is 12.8 Å². The van der Waals surface area contributed by atoms with E-state index in [0.29, 0.717) is 27.9 Å². The van der Waals surface area contributed by atoms with Crippen LogP contribution in [0.2, 0.25) is 5.02 Å². The Bertz CT molecular complexity index is 473. The van der Waals surface area contributed by atoms with Crippen molar-refractivity contribution in [2.24, 2.45) is 11.7 Å². The number of carbonyl (C=O) groups is 1. The van der Waals surface area contributed by atoms with Crippen LogP contribution >= 0.6 is 11.6 Å². The average molecular weight is 284 g/mol. The zero-order valence-electron chi connectivity index (χ0n) is 10.6. The first-order valence-electron chi connectivity index (χ1n) is 6.28. The van der Waals surface area contributed by atoms with Crippen LogP contribution < -0.4 is 16.8 Å². The highest BCUT2D eigenvalue weighted by molar-refractivity contribution is 6.34. The predicted octanol–water partition coefficient (Wildman–Crippen LogP) is 1.86. The monoisotopic (exact) mass is 283 g/mol. The Kier molecular flexibility index (Phi) is 4.50. The zero-order chi connectivity index (χ0) is 13.8. The second-order valence-electron chi connectivity index (χ2n) is 4.73. The molecule has 1 heterocycles. The van der Waals surface area contributed by atoms with Crippen LogP contribution in [0.4, 0.5) is 11.4 Å². The summed E-state index contributed by atoms with van der Waals surface area (Å²) in [5.41, 5.74) is 12.3. The summed E-state index contributed by atoms with van der Waals surface area (Å²) in [6.07, 6.45) is 2.05. The topological polar surface area (TPSA) is 90.4 Å². The van der Waals surface area contributed by atoms with Gasteiger partial charge >= 0.3 is 0 Å². The molecule has 1 unspecified atom stereocenters. The number of anilines is 2. The number of hydrogen-bond donors (Lipinski definition) is 3. The number of primary amides is 1. The van der Waals surface area contributed by atoms with Gasteiger partial charge in [0.25, 0.3) is 5.91 Å². The molecule has 1 amide bonds. The van der Waals surface area contributed by atoms with E-state index < -0.39 is 5.91 Å². The Balaban J connectivity index is 2.03. The molecule has 0 saturated carbocycles. The third-order valence-corrected chi connectivity index (χ3v) is 3.55. The summed E-state index contributed by atoms with van der Waals surface area (Å²) in [4.78, 5) is 11.4. The lowest BCUT2D eigenvalue weighted by Gasteiger charge is -2.14. The standard InChI is InChI=1S/C13H18ClN3O2/c14-11-6-9(15)5-10(13(16)18)12(11)17-3-1-8-2-4-19-7-8/h5-6,8,17H,1-4,7,15H2,(H2,16,18). The van der Waals surface area contributed by atoms with Crippen LogP contribution in [0.1, 0.15) is 23.2 Å². The Morgan fingerprint density at radius 2 is 2.32 bits per heavy atom. The second-order valence-corrected chi connectivity index (χ2v) is 5.14. The van der Waals surface area contributed by atoms with Crippen LogP contribution in [0.15, 0.2) is 12.1 Å². The Labute approximate surface area is 117 Å². The Hall–Kier alpha value is -1.46. The van der Waals surface area contributed by atoms with Crippen LogP contribution in [0, 0.1) is 5.92 Å². The molecule has 104 valence electrons. The van der Waals surface area contributed by atoms with Gasteiger partial charge in [0.05, 0.1) is 16.3 Å². The summed E-state index contributed by atoms with van der Waals surface area (Å²) in [5, 5.41) is 3.59. The lowest BCUT2D eigenvalue weighted by molar-refractivity contribution is 0.100. The van der Waals surface area contributed by atoms with E-state index in [4.69, 9.17) is 27.8 Å². The summed E-state index contributed by atoms with van der Waals surface area (Å²) in [6.45, 7) is 2.36. The van der Waals surface area contributed by atoms with E-state index in [9.17, 15) is 4.79 Å². The van der Waals surface area contributed by atoms with Gasteiger partial charge in [-0.05, 0) is 30.9 Å². The highest BCUT2D eigenvalue weighted by atomic mass is 35.5. The minimum atomic E-state index is -0.541. The maximum absolute atomic E-state index is 11.4. The molecule has 0 aliphatic carbocycles. The fourth-order valence-corrected chi connectivity index (χ4v) is 2.51. The van der Waals surface area contributed by atoms with Gasteiger partial charge in [0, 0.05) is 25.4 Å². The van der Waals surface area contributed by atoms with E-state index in [1.807, 2.05) is 0 Å². The number of rotatable bonds is 5. The Morgan fingerprint density at radius 1 is 1.53 bits per heavy atom. The van der Waals surface area contributed by atoms with Gasteiger partial charge in [-0.25, -0.2) is 0 Å². The minimum absolute atomic E-state index is 0.327. The maximum Gasteiger partial charge on any atom is 0.250 e. The van der Waals surface area contributed by atoms with Crippen molar-refractivity contribution in [3.05, 3.63) is 22.7 Å². The van der Waals surface area contributed by atoms with Gasteiger partial charge < -0.3 is 21.5 Å². The highest BCUT2D eigenvalue weighted by Gasteiger charge is 2.17. The van der Waals surface area contributed by atoms with E-state index in [-0.39, 0.29) is 0 Å². The van der Waals surface area contributed by atoms with Crippen molar-refractivity contribution >= 4 is 28.9 Å². The van der Waals surface area contributed by atoms with Crippen molar-refractivity contribution in [3.8, 4) is 0 Å². The molecule has 1 aliphatic heterocycles. The molecule has 19 heavy (non-hydrogen) atoms. The molecule has 1 atom stereocenters. The number of nitrogens with two attached hydrogens (primary N) is 2. The van der Waals surface area contributed by atoms with Crippen molar-refractivity contribution in [2.75, 3.05) is 30.8 Å². The van der Waals surface area contributed by atoms with Gasteiger partial charge in [-0.3, -0.25) is 4.79 Å². The molecule has 6 heteroatoms. The van der Waals surface area contributed by atoms with Gasteiger partial charge in [0.15, 0.2) is 0 Å². The lowest BCUT2D eigenvalue weighted by Crippen LogP contribution is -2.17. The van der Waals surface area contributed by atoms with E-state index in [2.05, 4.69) is 5.32 Å². The average Bonchev–Trinajstić information content (AvgIpc) is 2.84. The molecule has 0 bridgehead atoms. The summed E-state index contributed by atoms with van der Waals surface area (Å²) < 4.78 is 5.32. The Morgan fingerprint density at radius 3 is 2.95 bits per heavy atom. The molecule has 2 rings (SSSR count). The fourth-order valence-electron chi connectivity index (χ4n) is 2.21. The molecule has 1 saturated heterocycles. The summed E-state index contributed by atoms with van der Waals surface area (Å²) in [5.74, 6) is 0.0259. The minimum Gasteiger partial charge on any atom is -0.399 e. The van der Waals surface area contributed by atoms with Crippen molar-refractivity contribution < 1.29 is 9.53 Å². The first-order chi connectivity index (χ1) is 9.08. The van der Waals surface area contributed by atoms with E-state index >= 15 is 0 Å². The van der Waals surface area contributed by atoms with E-state index in [1.54, 1.807) is 6.07 Å². The number of nitrogen functional groups attached to an aromatic ring is 1. The number of carbonyl (C=O) groups excluding carboxylic acids is 1. The van der Waals surface area contributed by atoms with Gasteiger partial charge in [-0.1, -0.05) is 11.6 Å². The number of halogens is 1. The third-order valence-electron chi connectivity index (χ3n) is 3.26. The third kappa shape index (κ3) is 3.52. The predicted molar refractivity (Wildman–Crippen MR) is 76.4 cm³/mol. The molecule has 0 aromatic heterocycles. The molecule has 1 fully saturated rings. The largest absolute Gasteiger partial charge is 0.399 e. The molecule has 1 aromatic carbocycles. The molecule has 0 spiro atoms. The van der Waals surface area contributed by atoms with Crippen LogP contribution in [0.25, 0.3) is 0 Å². The number of nitrogens with one attached hydrogen (secondary N) is 1. The quantitative estimate of drug-likeness (QED) is 0.720. The molecule has 0 radical (unpaired) electrons. The van der Waals surface area contributed by atoms with Crippen LogP contribution in [-0.2, 0) is 4.74 Å². The lowest BCUT2D eigenvalue weighted by atomic mass is 10.0. The SMILES string of the molecule is NC(=O)c1cc(N)cc(Cl)c1NCCC1CCOC1. The molecule has 5 N–H and O–H groups in total. The highest BCUT2D eigenvalue weighted by Crippen LogP contribution is 2.29. The first-order valence-corrected chi connectivity index (χ1v) is 6.66. The first kappa shape index (κ1) is 14.0. The molecule has 5 nitrogen and oxygen atoms in total. The second kappa shape index (κ2) is 6.12. The van der Waals surface area contributed by atoms with Crippen molar-refractivity contribution in [3.63, 3.8) is 0 Å². The summed E-state index contributed by atoms with van der Waals surface area (Å²) in [7, 11) is 0. The number of benzene rings is 1. The molecule has 1 aromatic rings. The summed E-state index contributed by atoms with van der Waals surface area (Å²) >= 11 is 6.10. The molecular weight excluding hydrogens is 266 g/mol. The van der Waals surface area contributed by atoms with Gasteiger partial charge in [0.1, 0.15) is 0 Å². The van der Waals surface area contributed by atoms with Crippen molar-refractivity contribution in [1.82, 2.24) is 0 Å². The normalized spacial score (nSPS) is 18.5. The van der Waals surface area contributed by atoms with Gasteiger partial charge in [0.2, 0.25) is 0 Å². The van der Waals surface area contributed by atoms with Crippen LogP contribution in [0.5, 0.6) is 0 Å². The zero-order valence-corrected chi connectivity index (χ0v) is 11.4. The number of amides is 1. The van der Waals surface area contributed by atoms with Gasteiger partial charge in [-0.2, -0.15) is 0 Å². The smallest absolute Gasteiger partial charge is 0.250 e. The van der Waals surface area contributed by atoms with Crippen LogP contribution in [-0.4, -0.2) is 25.7 Å². The fraction of sp³-hybridized carbons (Fsp3) is 0.462. The summed E-state index contributed by atoms with van der Waals surface area (Å²) in [6, 6.07) is 3.14.